The third-order valence-corrected chi connectivity index (χ3v) is 5.55. The lowest BCUT2D eigenvalue weighted by Crippen LogP contribution is -2.40. The van der Waals surface area contributed by atoms with Gasteiger partial charge in [0.15, 0.2) is 5.89 Å². The van der Waals surface area contributed by atoms with Crippen molar-refractivity contribution in [2.24, 2.45) is 7.05 Å². The third kappa shape index (κ3) is 4.45. The molecule has 0 unspecified atom stereocenters. The average molecular weight is 410 g/mol. The molecule has 1 aliphatic rings. The molecule has 1 aromatic carbocycles. The Hall–Kier alpha value is -2.96. The normalized spacial score (nSPS) is 16.8. The number of carbonyl (C=O) groups excluding carboxylic acids is 1. The quantitative estimate of drug-likeness (QED) is 0.613. The van der Waals surface area contributed by atoms with Gasteiger partial charge in [-0.25, -0.2) is 9.37 Å². The van der Waals surface area contributed by atoms with E-state index < -0.39 is 0 Å². The van der Waals surface area contributed by atoms with Crippen LogP contribution in [-0.4, -0.2) is 38.7 Å². The number of likely N-dealkylation sites (tertiary alicyclic amines) is 1. The number of nitrogens with zero attached hydrogens (tertiary/aromatic N) is 4. The van der Waals surface area contributed by atoms with Crippen LogP contribution in [0.25, 0.3) is 0 Å². The Morgan fingerprint density at radius 2 is 2.20 bits per heavy atom. The van der Waals surface area contributed by atoms with Gasteiger partial charge < -0.3 is 9.32 Å². The van der Waals surface area contributed by atoms with E-state index in [0.717, 1.165) is 43.5 Å². The van der Waals surface area contributed by atoms with Crippen molar-refractivity contribution in [3.05, 3.63) is 70.9 Å². The van der Waals surface area contributed by atoms with E-state index in [9.17, 15) is 9.18 Å². The van der Waals surface area contributed by atoms with Crippen LogP contribution in [0.3, 0.4) is 0 Å². The van der Waals surface area contributed by atoms with Crippen LogP contribution < -0.4 is 0 Å². The van der Waals surface area contributed by atoms with Gasteiger partial charge in [0.2, 0.25) is 0 Å². The Morgan fingerprint density at radius 1 is 1.33 bits per heavy atom. The number of amides is 1. The maximum atomic E-state index is 13.4. The van der Waals surface area contributed by atoms with Gasteiger partial charge in [-0.05, 0) is 43.0 Å². The minimum atomic E-state index is -0.258. The van der Waals surface area contributed by atoms with Crippen molar-refractivity contribution in [2.75, 3.05) is 13.1 Å². The molecule has 2 aromatic heterocycles. The molecule has 0 saturated carbocycles. The predicted octanol–water partition coefficient (Wildman–Crippen LogP) is 4.11. The third-order valence-electron chi connectivity index (χ3n) is 5.55. The molecule has 1 saturated heterocycles. The van der Waals surface area contributed by atoms with Gasteiger partial charge in [-0.3, -0.25) is 9.48 Å². The van der Waals surface area contributed by atoms with E-state index >= 15 is 0 Å². The van der Waals surface area contributed by atoms with Gasteiger partial charge in [-0.2, -0.15) is 5.10 Å². The number of benzene rings is 1. The summed E-state index contributed by atoms with van der Waals surface area (Å²) in [5, 5.41) is 4.45. The first-order valence-electron chi connectivity index (χ1n) is 10.5. The van der Waals surface area contributed by atoms with Crippen molar-refractivity contribution in [3.63, 3.8) is 0 Å². The van der Waals surface area contributed by atoms with Crippen LogP contribution in [0.4, 0.5) is 4.39 Å². The summed E-state index contributed by atoms with van der Waals surface area (Å²) < 4.78 is 21.1. The first-order chi connectivity index (χ1) is 14.5. The highest BCUT2D eigenvalue weighted by atomic mass is 19.1. The highest BCUT2D eigenvalue weighted by Gasteiger charge is 2.29. The molecule has 1 fully saturated rings. The largest absolute Gasteiger partial charge is 0.445 e. The first kappa shape index (κ1) is 20.3. The molecule has 7 heteroatoms. The van der Waals surface area contributed by atoms with Gasteiger partial charge >= 0.3 is 0 Å². The monoisotopic (exact) mass is 410 g/mol. The smallest absolute Gasteiger partial charge is 0.272 e. The van der Waals surface area contributed by atoms with Crippen LogP contribution in [0.5, 0.6) is 0 Å². The van der Waals surface area contributed by atoms with Gasteiger partial charge in [0.25, 0.3) is 5.91 Å². The van der Waals surface area contributed by atoms with E-state index in [1.807, 2.05) is 24.1 Å². The second kappa shape index (κ2) is 8.81. The summed E-state index contributed by atoms with van der Waals surface area (Å²) in [6.45, 7) is 3.40. The molecule has 4 rings (SSSR count). The van der Waals surface area contributed by atoms with Crippen molar-refractivity contribution in [3.8, 4) is 0 Å². The molecule has 0 bridgehead atoms. The van der Waals surface area contributed by atoms with Gasteiger partial charge in [0.05, 0.1) is 17.8 Å². The molecule has 0 radical (unpaired) electrons. The second-order valence-corrected chi connectivity index (χ2v) is 7.96. The molecule has 1 atom stereocenters. The van der Waals surface area contributed by atoms with E-state index in [2.05, 4.69) is 17.0 Å². The molecule has 1 aliphatic heterocycles. The Balaban J connectivity index is 1.44. The van der Waals surface area contributed by atoms with Gasteiger partial charge in [-0.15, -0.1) is 0 Å². The maximum absolute atomic E-state index is 13.4. The predicted molar refractivity (Wildman–Crippen MR) is 111 cm³/mol. The Kier molecular flexibility index (Phi) is 5.97. The molecule has 1 amide bonds. The number of aryl methyl sites for hydroxylation is 2. The number of hydrogen-bond acceptors (Lipinski definition) is 4. The van der Waals surface area contributed by atoms with Crippen molar-refractivity contribution < 1.29 is 13.6 Å². The zero-order chi connectivity index (χ0) is 21.1. The molecular weight excluding hydrogens is 383 g/mol. The van der Waals surface area contributed by atoms with E-state index in [-0.39, 0.29) is 17.6 Å². The second-order valence-electron chi connectivity index (χ2n) is 7.96. The van der Waals surface area contributed by atoms with Crippen LogP contribution in [-0.2, 0) is 19.9 Å². The Labute approximate surface area is 175 Å². The number of hydrogen-bond donors (Lipinski definition) is 0. The van der Waals surface area contributed by atoms with Crippen molar-refractivity contribution in [2.45, 2.75) is 44.9 Å². The number of carbonyl (C=O) groups is 1. The molecule has 30 heavy (non-hydrogen) atoms. The number of halogens is 1. The van der Waals surface area contributed by atoms with E-state index in [0.29, 0.717) is 30.3 Å². The first-order valence-corrected chi connectivity index (χ1v) is 10.5. The summed E-state index contributed by atoms with van der Waals surface area (Å²) in [6, 6.07) is 8.39. The standard InChI is InChI=1S/C23H27FN4O2/c1-3-6-19-13-21(27(2)26-19)23(29)28-10-5-8-17(15-28)22-25-14-20(30-22)12-16-7-4-9-18(24)11-16/h4,7,9,11,13-14,17H,3,5-6,8,10,12,15H2,1-2H3/t17-/m0/s1. The van der Waals surface area contributed by atoms with Crippen LogP contribution in [0.15, 0.2) is 40.9 Å². The van der Waals surface area contributed by atoms with Crippen molar-refractivity contribution >= 4 is 5.91 Å². The maximum Gasteiger partial charge on any atom is 0.272 e. The summed E-state index contributed by atoms with van der Waals surface area (Å²) in [4.78, 5) is 19.4. The molecule has 158 valence electrons. The highest BCUT2D eigenvalue weighted by molar-refractivity contribution is 5.92. The minimum Gasteiger partial charge on any atom is -0.445 e. The van der Waals surface area contributed by atoms with Gasteiger partial charge in [-0.1, -0.05) is 25.5 Å². The highest BCUT2D eigenvalue weighted by Crippen LogP contribution is 2.28. The zero-order valence-electron chi connectivity index (χ0n) is 17.5. The Bertz CT molecular complexity index is 1030. The van der Waals surface area contributed by atoms with Crippen LogP contribution in [0, 0.1) is 5.82 Å². The molecule has 6 nitrogen and oxygen atoms in total. The summed E-state index contributed by atoms with van der Waals surface area (Å²) in [7, 11) is 1.82. The molecule has 0 N–H and O–H groups in total. The number of piperidine rings is 1. The average Bonchev–Trinajstić information content (AvgIpc) is 3.34. The lowest BCUT2D eigenvalue weighted by atomic mass is 9.97. The zero-order valence-corrected chi connectivity index (χ0v) is 17.5. The fourth-order valence-corrected chi connectivity index (χ4v) is 4.07. The van der Waals surface area contributed by atoms with Crippen LogP contribution in [0.2, 0.25) is 0 Å². The van der Waals surface area contributed by atoms with E-state index in [4.69, 9.17) is 4.42 Å². The van der Waals surface area contributed by atoms with Gasteiger partial charge in [0, 0.05) is 26.6 Å². The fourth-order valence-electron chi connectivity index (χ4n) is 4.07. The molecule has 0 spiro atoms. The molecular formula is C23H27FN4O2. The van der Waals surface area contributed by atoms with Crippen molar-refractivity contribution in [1.82, 2.24) is 19.7 Å². The van der Waals surface area contributed by atoms with Gasteiger partial charge in [0.1, 0.15) is 17.3 Å². The lowest BCUT2D eigenvalue weighted by molar-refractivity contribution is 0.0686. The topological polar surface area (TPSA) is 64.2 Å². The van der Waals surface area contributed by atoms with Crippen LogP contribution in [0.1, 0.15) is 65.5 Å². The SMILES string of the molecule is CCCc1cc(C(=O)N2CCC[C@H](c3ncc(Cc4cccc(F)c4)o3)C2)n(C)n1. The van der Waals surface area contributed by atoms with E-state index in [1.165, 1.54) is 12.1 Å². The molecule has 0 aliphatic carbocycles. The number of aromatic nitrogens is 3. The summed E-state index contributed by atoms with van der Waals surface area (Å²) in [6.07, 6.45) is 5.90. The lowest BCUT2D eigenvalue weighted by Gasteiger charge is -2.31. The summed E-state index contributed by atoms with van der Waals surface area (Å²) >= 11 is 0. The molecule has 3 aromatic rings. The number of oxazole rings is 1. The minimum absolute atomic E-state index is 0.00333. The molecule has 3 heterocycles. The van der Waals surface area contributed by atoms with E-state index in [1.54, 1.807) is 16.9 Å². The fraction of sp³-hybridized carbons (Fsp3) is 0.435. The van der Waals surface area contributed by atoms with Crippen molar-refractivity contribution in [1.29, 1.82) is 0 Å². The Morgan fingerprint density at radius 3 is 3.00 bits per heavy atom. The summed E-state index contributed by atoms with van der Waals surface area (Å²) in [5.41, 5.74) is 2.42. The number of rotatable bonds is 6. The van der Waals surface area contributed by atoms with Crippen LogP contribution >= 0.6 is 0 Å². The summed E-state index contributed by atoms with van der Waals surface area (Å²) in [5.74, 6) is 1.16.